The predicted molar refractivity (Wildman–Crippen MR) is 85.2 cm³/mol. The maximum absolute atomic E-state index is 12.5. The monoisotopic (exact) mass is 279 g/mol. The first kappa shape index (κ1) is 13.9. The van der Waals surface area contributed by atoms with Crippen molar-refractivity contribution >= 4 is 5.91 Å². The first-order chi connectivity index (χ1) is 10.2. The summed E-state index contributed by atoms with van der Waals surface area (Å²) in [5.41, 5.74) is 3.40. The van der Waals surface area contributed by atoms with E-state index in [4.69, 9.17) is 0 Å². The van der Waals surface area contributed by atoms with Gasteiger partial charge in [0.2, 0.25) is 5.91 Å². The molecule has 0 unspecified atom stereocenters. The van der Waals surface area contributed by atoms with Crippen molar-refractivity contribution in [1.82, 2.24) is 5.32 Å². The van der Waals surface area contributed by atoms with Gasteiger partial charge >= 0.3 is 0 Å². The van der Waals surface area contributed by atoms with Crippen LogP contribution in [0.5, 0.6) is 0 Å². The number of carbonyl (C=O) groups is 1. The Labute approximate surface area is 126 Å². The lowest BCUT2D eigenvalue weighted by Crippen LogP contribution is -2.35. The van der Waals surface area contributed by atoms with Crippen LogP contribution in [0.15, 0.2) is 54.6 Å². The van der Waals surface area contributed by atoms with E-state index >= 15 is 0 Å². The standard InChI is InChI=1S/C19H21NO/c1-15-7-9-17(10-8-15)19(12-13-19)18(21)20-14-11-16-5-3-2-4-6-16/h2-10H,11-14H2,1H3,(H,20,21). The van der Waals surface area contributed by atoms with Crippen LogP contribution in [0.4, 0.5) is 0 Å². The molecule has 2 aromatic rings. The van der Waals surface area contributed by atoms with Crippen molar-refractivity contribution in [3.8, 4) is 0 Å². The van der Waals surface area contributed by atoms with Crippen LogP contribution in [-0.2, 0) is 16.6 Å². The third kappa shape index (κ3) is 2.99. The number of hydrogen-bond donors (Lipinski definition) is 1. The van der Waals surface area contributed by atoms with Crippen LogP contribution < -0.4 is 5.32 Å². The molecule has 2 heteroatoms. The molecular weight excluding hydrogens is 258 g/mol. The minimum Gasteiger partial charge on any atom is -0.355 e. The smallest absolute Gasteiger partial charge is 0.230 e. The molecule has 1 saturated carbocycles. The van der Waals surface area contributed by atoms with E-state index in [0.29, 0.717) is 6.54 Å². The zero-order valence-corrected chi connectivity index (χ0v) is 12.4. The van der Waals surface area contributed by atoms with Gasteiger partial charge in [-0.1, -0.05) is 60.2 Å². The average molecular weight is 279 g/mol. The molecular formula is C19H21NO. The highest BCUT2D eigenvalue weighted by atomic mass is 16.2. The summed E-state index contributed by atoms with van der Waals surface area (Å²) in [6.45, 7) is 2.78. The third-order valence-electron chi connectivity index (χ3n) is 4.33. The lowest BCUT2D eigenvalue weighted by molar-refractivity contribution is -0.123. The molecule has 0 aliphatic heterocycles. The molecule has 1 aliphatic rings. The van der Waals surface area contributed by atoms with Gasteiger partial charge in [-0.2, -0.15) is 0 Å². The van der Waals surface area contributed by atoms with Crippen LogP contribution >= 0.6 is 0 Å². The second-order valence-corrected chi connectivity index (χ2v) is 5.94. The summed E-state index contributed by atoms with van der Waals surface area (Å²) < 4.78 is 0. The van der Waals surface area contributed by atoms with Crippen molar-refractivity contribution < 1.29 is 4.79 Å². The van der Waals surface area contributed by atoms with E-state index in [1.165, 1.54) is 11.1 Å². The van der Waals surface area contributed by atoms with Gasteiger partial charge in [0.1, 0.15) is 0 Å². The maximum atomic E-state index is 12.5. The molecule has 0 heterocycles. The van der Waals surface area contributed by atoms with Crippen LogP contribution in [-0.4, -0.2) is 12.5 Å². The molecule has 0 spiro atoms. The zero-order valence-electron chi connectivity index (χ0n) is 12.4. The van der Waals surface area contributed by atoms with Crippen molar-refractivity contribution in [2.24, 2.45) is 0 Å². The highest BCUT2D eigenvalue weighted by Gasteiger charge is 2.50. The Kier molecular flexibility index (Phi) is 3.78. The van der Waals surface area contributed by atoms with E-state index in [9.17, 15) is 4.79 Å². The van der Waals surface area contributed by atoms with E-state index in [1.54, 1.807) is 0 Å². The Morgan fingerprint density at radius 2 is 1.71 bits per heavy atom. The minimum absolute atomic E-state index is 0.183. The maximum Gasteiger partial charge on any atom is 0.230 e. The lowest BCUT2D eigenvalue weighted by atomic mass is 9.94. The normalized spacial score (nSPS) is 15.5. The lowest BCUT2D eigenvalue weighted by Gasteiger charge is -2.16. The van der Waals surface area contributed by atoms with Gasteiger partial charge in [0.25, 0.3) is 0 Å². The van der Waals surface area contributed by atoms with Crippen LogP contribution in [0.25, 0.3) is 0 Å². The largest absolute Gasteiger partial charge is 0.355 e. The van der Waals surface area contributed by atoms with E-state index in [-0.39, 0.29) is 11.3 Å². The molecule has 1 aliphatic carbocycles. The number of amides is 1. The van der Waals surface area contributed by atoms with Gasteiger partial charge in [0.15, 0.2) is 0 Å². The first-order valence-electron chi connectivity index (χ1n) is 7.60. The molecule has 21 heavy (non-hydrogen) atoms. The molecule has 2 nitrogen and oxygen atoms in total. The summed E-state index contributed by atoms with van der Waals surface area (Å²) in [6.07, 6.45) is 2.82. The Balaban J connectivity index is 1.59. The Hall–Kier alpha value is -2.09. The van der Waals surface area contributed by atoms with Crippen molar-refractivity contribution in [1.29, 1.82) is 0 Å². The van der Waals surface area contributed by atoms with Gasteiger partial charge in [-0.3, -0.25) is 4.79 Å². The van der Waals surface area contributed by atoms with Crippen molar-refractivity contribution in [3.63, 3.8) is 0 Å². The van der Waals surface area contributed by atoms with Crippen LogP contribution in [0.3, 0.4) is 0 Å². The van der Waals surface area contributed by atoms with E-state index < -0.39 is 0 Å². The van der Waals surface area contributed by atoms with Crippen molar-refractivity contribution in [3.05, 3.63) is 71.3 Å². The number of nitrogens with one attached hydrogen (secondary N) is 1. The minimum atomic E-state index is -0.260. The average Bonchev–Trinajstić information content (AvgIpc) is 3.31. The van der Waals surface area contributed by atoms with Gasteiger partial charge in [-0.05, 0) is 37.3 Å². The van der Waals surface area contributed by atoms with E-state index in [2.05, 4.69) is 48.6 Å². The Bertz CT molecular complexity index is 612. The third-order valence-corrected chi connectivity index (χ3v) is 4.33. The second kappa shape index (κ2) is 5.72. The number of carbonyl (C=O) groups excluding carboxylic acids is 1. The molecule has 2 aromatic carbocycles. The van der Waals surface area contributed by atoms with Crippen LogP contribution in [0.1, 0.15) is 29.5 Å². The molecule has 1 amide bonds. The van der Waals surface area contributed by atoms with E-state index in [1.807, 2.05) is 18.2 Å². The summed E-state index contributed by atoms with van der Waals surface area (Å²) in [5.74, 6) is 0.183. The highest BCUT2D eigenvalue weighted by Crippen LogP contribution is 2.48. The predicted octanol–water partition coefficient (Wildman–Crippen LogP) is 3.39. The Morgan fingerprint density at radius 1 is 1.05 bits per heavy atom. The number of hydrogen-bond acceptors (Lipinski definition) is 1. The Morgan fingerprint density at radius 3 is 2.33 bits per heavy atom. The van der Waals surface area contributed by atoms with Crippen molar-refractivity contribution in [2.75, 3.05) is 6.54 Å². The van der Waals surface area contributed by atoms with Crippen LogP contribution in [0, 0.1) is 6.92 Å². The van der Waals surface area contributed by atoms with Crippen molar-refractivity contribution in [2.45, 2.75) is 31.6 Å². The highest BCUT2D eigenvalue weighted by molar-refractivity contribution is 5.91. The second-order valence-electron chi connectivity index (χ2n) is 5.94. The fourth-order valence-corrected chi connectivity index (χ4v) is 2.78. The van der Waals surface area contributed by atoms with E-state index in [0.717, 1.165) is 24.8 Å². The molecule has 3 rings (SSSR count). The molecule has 0 atom stereocenters. The number of aryl methyl sites for hydroxylation is 1. The molecule has 0 aromatic heterocycles. The quantitative estimate of drug-likeness (QED) is 0.893. The number of rotatable bonds is 5. The molecule has 1 fully saturated rings. The summed E-state index contributed by atoms with van der Waals surface area (Å²) >= 11 is 0. The van der Waals surface area contributed by atoms with Gasteiger partial charge in [-0.25, -0.2) is 0 Å². The van der Waals surface area contributed by atoms with Gasteiger partial charge in [-0.15, -0.1) is 0 Å². The van der Waals surface area contributed by atoms with Gasteiger partial charge < -0.3 is 5.32 Å². The number of benzene rings is 2. The molecule has 0 bridgehead atoms. The fraction of sp³-hybridized carbons (Fsp3) is 0.316. The summed E-state index contributed by atoms with van der Waals surface area (Å²) in [6, 6.07) is 18.6. The topological polar surface area (TPSA) is 29.1 Å². The molecule has 108 valence electrons. The zero-order chi connectivity index (χ0) is 14.7. The summed E-state index contributed by atoms with van der Waals surface area (Å²) in [4.78, 5) is 12.5. The SMILES string of the molecule is Cc1ccc(C2(C(=O)NCCc3ccccc3)CC2)cc1. The molecule has 0 saturated heterocycles. The fourth-order valence-electron chi connectivity index (χ4n) is 2.78. The van der Waals surface area contributed by atoms with Gasteiger partial charge in [0, 0.05) is 6.54 Å². The molecule has 0 radical (unpaired) electrons. The summed E-state index contributed by atoms with van der Waals surface area (Å²) in [5, 5.41) is 3.11. The summed E-state index contributed by atoms with van der Waals surface area (Å²) in [7, 11) is 0. The first-order valence-corrected chi connectivity index (χ1v) is 7.60. The van der Waals surface area contributed by atoms with Crippen LogP contribution in [0.2, 0.25) is 0 Å². The molecule has 1 N–H and O–H groups in total. The van der Waals surface area contributed by atoms with Gasteiger partial charge in [0.05, 0.1) is 5.41 Å².